The van der Waals surface area contributed by atoms with E-state index >= 15 is 0 Å². The summed E-state index contributed by atoms with van der Waals surface area (Å²) in [6.45, 7) is -0.103. The normalized spacial score (nSPS) is 11.6. The molecule has 5 nitrogen and oxygen atoms in total. The van der Waals surface area contributed by atoms with Crippen molar-refractivity contribution >= 4 is 16.4 Å². The van der Waals surface area contributed by atoms with E-state index in [-0.39, 0.29) is 6.61 Å². The van der Waals surface area contributed by atoms with Gasteiger partial charge in [0.15, 0.2) is 0 Å². The Bertz CT molecular complexity index is 1200. The topological polar surface area (TPSA) is 63.8 Å². The van der Waals surface area contributed by atoms with Crippen molar-refractivity contribution in [2.45, 2.75) is 6.61 Å². The number of imidazole rings is 1. The van der Waals surface area contributed by atoms with E-state index in [1.165, 1.54) is 0 Å². The molecule has 4 aromatic heterocycles. The van der Waals surface area contributed by atoms with Crippen molar-refractivity contribution in [3.8, 4) is 22.6 Å². The quantitative estimate of drug-likeness (QED) is 0.529. The zero-order valence-corrected chi connectivity index (χ0v) is 13.2. The van der Waals surface area contributed by atoms with Crippen LogP contribution in [0, 0.1) is 0 Å². The molecule has 5 heteroatoms. The third-order valence-corrected chi connectivity index (χ3v) is 4.33. The van der Waals surface area contributed by atoms with Crippen LogP contribution in [-0.2, 0) is 6.61 Å². The largest absolute Gasteiger partial charge is 0.471 e. The molecule has 0 unspecified atom stereocenters. The SMILES string of the molecule is OCc1ccc(-c2ccc3nc(-c4ccc5cocc5c4)cn3c2)o1. The number of pyridine rings is 1. The maximum Gasteiger partial charge on any atom is 0.137 e. The first-order valence-electron chi connectivity index (χ1n) is 7.95. The molecule has 0 aliphatic rings. The van der Waals surface area contributed by atoms with Crippen LogP contribution in [0.4, 0.5) is 0 Å². The minimum Gasteiger partial charge on any atom is -0.471 e. The maximum atomic E-state index is 9.14. The summed E-state index contributed by atoms with van der Waals surface area (Å²) in [5, 5.41) is 11.3. The van der Waals surface area contributed by atoms with Crippen molar-refractivity contribution in [1.29, 1.82) is 0 Å². The molecule has 122 valence electrons. The summed E-state index contributed by atoms with van der Waals surface area (Å²) in [6.07, 6.45) is 7.44. The number of fused-ring (bicyclic) bond motifs is 2. The summed E-state index contributed by atoms with van der Waals surface area (Å²) in [7, 11) is 0. The van der Waals surface area contributed by atoms with E-state index in [1.54, 1.807) is 18.6 Å². The summed E-state index contributed by atoms with van der Waals surface area (Å²) in [4.78, 5) is 4.69. The van der Waals surface area contributed by atoms with Crippen LogP contribution < -0.4 is 0 Å². The summed E-state index contributed by atoms with van der Waals surface area (Å²) in [6, 6.07) is 13.7. The van der Waals surface area contributed by atoms with Crippen molar-refractivity contribution in [1.82, 2.24) is 9.38 Å². The Morgan fingerprint density at radius 1 is 0.920 bits per heavy atom. The van der Waals surface area contributed by atoms with Crippen molar-refractivity contribution < 1.29 is 13.9 Å². The standard InChI is InChI=1S/C20H14N2O3/c23-10-17-4-5-19(25-17)14-3-6-20-21-18(9-22(20)8-14)13-1-2-15-11-24-12-16(15)7-13/h1-9,11-12,23H,10H2. The van der Waals surface area contributed by atoms with E-state index in [1.807, 2.05) is 47.1 Å². The number of hydrogen-bond acceptors (Lipinski definition) is 4. The van der Waals surface area contributed by atoms with Gasteiger partial charge in [-0.3, -0.25) is 0 Å². The van der Waals surface area contributed by atoms with Crippen LogP contribution in [-0.4, -0.2) is 14.5 Å². The zero-order valence-electron chi connectivity index (χ0n) is 13.2. The summed E-state index contributed by atoms with van der Waals surface area (Å²) >= 11 is 0. The Kier molecular flexibility index (Phi) is 3.02. The first-order valence-corrected chi connectivity index (χ1v) is 7.95. The van der Waals surface area contributed by atoms with Crippen molar-refractivity contribution in [2.24, 2.45) is 0 Å². The lowest BCUT2D eigenvalue weighted by atomic mass is 10.1. The number of aliphatic hydroxyl groups excluding tert-OH is 1. The van der Waals surface area contributed by atoms with Crippen LogP contribution in [0.15, 0.2) is 76.2 Å². The summed E-state index contributed by atoms with van der Waals surface area (Å²) < 4.78 is 12.8. The number of hydrogen-bond donors (Lipinski definition) is 1. The molecule has 0 aliphatic carbocycles. The molecule has 0 saturated carbocycles. The van der Waals surface area contributed by atoms with Crippen LogP contribution in [0.2, 0.25) is 0 Å². The average molecular weight is 330 g/mol. The van der Waals surface area contributed by atoms with Crippen LogP contribution >= 0.6 is 0 Å². The molecule has 25 heavy (non-hydrogen) atoms. The number of aromatic nitrogens is 2. The molecule has 0 saturated heterocycles. The molecule has 0 fully saturated rings. The lowest BCUT2D eigenvalue weighted by Crippen LogP contribution is -1.84. The van der Waals surface area contributed by atoms with Crippen molar-refractivity contribution in [3.05, 3.63) is 73.1 Å². The third-order valence-electron chi connectivity index (χ3n) is 4.33. The second-order valence-electron chi connectivity index (χ2n) is 5.95. The molecule has 0 bridgehead atoms. The fourth-order valence-electron chi connectivity index (χ4n) is 3.02. The lowest BCUT2D eigenvalue weighted by Gasteiger charge is -1.98. The van der Waals surface area contributed by atoms with Gasteiger partial charge < -0.3 is 18.3 Å². The number of aliphatic hydroxyl groups is 1. The van der Waals surface area contributed by atoms with Crippen molar-refractivity contribution in [3.63, 3.8) is 0 Å². The second kappa shape index (κ2) is 5.36. The van der Waals surface area contributed by atoms with Crippen LogP contribution in [0.5, 0.6) is 0 Å². The fourth-order valence-corrected chi connectivity index (χ4v) is 3.02. The first-order chi connectivity index (χ1) is 12.3. The molecule has 1 aromatic carbocycles. The van der Waals surface area contributed by atoms with Gasteiger partial charge >= 0.3 is 0 Å². The van der Waals surface area contributed by atoms with E-state index in [9.17, 15) is 0 Å². The van der Waals surface area contributed by atoms with Gasteiger partial charge in [0.1, 0.15) is 23.8 Å². The minimum atomic E-state index is -0.103. The minimum absolute atomic E-state index is 0.103. The molecule has 4 heterocycles. The number of rotatable bonds is 3. The molecule has 0 atom stereocenters. The van der Waals surface area contributed by atoms with Crippen molar-refractivity contribution in [2.75, 3.05) is 0 Å². The molecule has 0 radical (unpaired) electrons. The Balaban J connectivity index is 1.58. The van der Waals surface area contributed by atoms with Gasteiger partial charge in [-0.25, -0.2) is 4.98 Å². The lowest BCUT2D eigenvalue weighted by molar-refractivity contribution is 0.248. The molecule has 5 aromatic rings. The van der Waals surface area contributed by atoms with Crippen LogP contribution in [0.25, 0.3) is 39.0 Å². The monoisotopic (exact) mass is 330 g/mol. The van der Waals surface area contributed by atoms with E-state index < -0.39 is 0 Å². The molecule has 0 amide bonds. The third kappa shape index (κ3) is 2.33. The fraction of sp³-hybridized carbons (Fsp3) is 0.0500. The molecule has 0 spiro atoms. The Labute approximate surface area is 142 Å². The van der Waals surface area contributed by atoms with Gasteiger partial charge in [0.05, 0.1) is 18.2 Å². The maximum absolute atomic E-state index is 9.14. The smallest absolute Gasteiger partial charge is 0.137 e. The summed E-state index contributed by atoms with van der Waals surface area (Å²) in [5.41, 5.74) is 3.73. The number of benzene rings is 1. The molecular formula is C20H14N2O3. The van der Waals surface area contributed by atoms with Gasteiger partial charge in [0, 0.05) is 34.3 Å². The predicted octanol–water partition coefficient (Wildman–Crippen LogP) is 4.50. The van der Waals surface area contributed by atoms with Gasteiger partial charge in [-0.05, 0) is 30.3 Å². The Hall–Kier alpha value is -3.31. The summed E-state index contributed by atoms with van der Waals surface area (Å²) in [5.74, 6) is 1.27. The Morgan fingerprint density at radius 2 is 1.80 bits per heavy atom. The number of nitrogens with zero attached hydrogens (tertiary/aromatic N) is 2. The van der Waals surface area contributed by atoms with Gasteiger partial charge in [0.25, 0.3) is 0 Å². The van der Waals surface area contributed by atoms with Crippen LogP contribution in [0.1, 0.15) is 5.76 Å². The highest BCUT2D eigenvalue weighted by Crippen LogP contribution is 2.27. The Morgan fingerprint density at radius 3 is 2.68 bits per heavy atom. The van der Waals surface area contributed by atoms with Gasteiger partial charge in [0.2, 0.25) is 0 Å². The molecular weight excluding hydrogens is 316 g/mol. The van der Waals surface area contributed by atoms with Gasteiger partial charge in [-0.15, -0.1) is 0 Å². The van der Waals surface area contributed by atoms with Crippen LogP contribution in [0.3, 0.4) is 0 Å². The average Bonchev–Trinajstić information content (AvgIpc) is 3.37. The van der Waals surface area contributed by atoms with Gasteiger partial charge in [-0.1, -0.05) is 12.1 Å². The zero-order chi connectivity index (χ0) is 16.8. The molecule has 5 rings (SSSR count). The highest BCUT2D eigenvalue weighted by molar-refractivity contribution is 5.86. The number of furan rings is 2. The van der Waals surface area contributed by atoms with Gasteiger partial charge in [-0.2, -0.15) is 0 Å². The van der Waals surface area contributed by atoms with E-state index in [0.717, 1.165) is 39.0 Å². The van der Waals surface area contributed by atoms with E-state index in [4.69, 9.17) is 18.9 Å². The highest BCUT2D eigenvalue weighted by atomic mass is 16.4. The van der Waals surface area contributed by atoms with E-state index in [2.05, 4.69) is 6.07 Å². The van der Waals surface area contributed by atoms with E-state index in [0.29, 0.717) is 5.76 Å². The highest BCUT2D eigenvalue weighted by Gasteiger charge is 2.09. The predicted molar refractivity (Wildman–Crippen MR) is 94.0 cm³/mol. The molecule has 1 N–H and O–H groups in total. The second-order valence-corrected chi connectivity index (χ2v) is 5.95. The molecule has 0 aliphatic heterocycles. The first kappa shape index (κ1) is 14.1.